The Bertz CT molecular complexity index is 1130. The molecule has 2 aromatic heterocycles. The van der Waals surface area contributed by atoms with Gasteiger partial charge in [-0.05, 0) is 39.0 Å². The van der Waals surface area contributed by atoms with Gasteiger partial charge in [-0.3, -0.25) is 4.79 Å². The van der Waals surface area contributed by atoms with Crippen LogP contribution in [-0.4, -0.2) is 35.1 Å². The molecule has 28 heavy (non-hydrogen) atoms. The van der Waals surface area contributed by atoms with E-state index in [4.69, 9.17) is 0 Å². The first-order chi connectivity index (χ1) is 13.2. The molecule has 1 aromatic carbocycles. The molecule has 0 aliphatic carbocycles. The Labute approximate surface area is 161 Å². The topological polar surface area (TPSA) is 106 Å². The van der Waals surface area contributed by atoms with Crippen LogP contribution in [0.2, 0.25) is 0 Å². The highest BCUT2D eigenvalue weighted by atomic mass is 32.2. The van der Waals surface area contributed by atoms with Crippen molar-refractivity contribution in [3.63, 3.8) is 0 Å². The third-order valence-electron chi connectivity index (χ3n) is 4.04. The second-order valence-corrected chi connectivity index (χ2v) is 8.26. The zero-order chi connectivity index (χ0) is 20.5. The van der Waals surface area contributed by atoms with E-state index in [2.05, 4.69) is 20.1 Å². The zero-order valence-electron chi connectivity index (χ0n) is 15.5. The molecular weight excluding hydrogens is 385 g/mol. The Hall–Kier alpha value is -2.85. The molecule has 0 saturated heterocycles. The van der Waals surface area contributed by atoms with Crippen LogP contribution < -0.4 is 10.0 Å². The van der Waals surface area contributed by atoms with E-state index in [9.17, 15) is 17.6 Å². The van der Waals surface area contributed by atoms with E-state index in [1.165, 1.54) is 25.3 Å². The summed E-state index contributed by atoms with van der Waals surface area (Å²) in [7, 11) is -4.18. The fourth-order valence-electron chi connectivity index (χ4n) is 2.65. The summed E-state index contributed by atoms with van der Waals surface area (Å²) in [5, 5.41) is 7.60. The van der Waals surface area contributed by atoms with Crippen molar-refractivity contribution in [2.45, 2.75) is 37.8 Å². The number of rotatable bonds is 6. The Morgan fingerprint density at radius 3 is 2.57 bits per heavy atom. The van der Waals surface area contributed by atoms with Gasteiger partial charge in [0.2, 0.25) is 15.9 Å². The number of sulfonamides is 1. The van der Waals surface area contributed by atoms with E-state index in [1.54, 1.807) is 16.9 Å². The number of carbonyl (C=O) groups is 1. The van der Waals surface area contributed by atoms with Gasteiger partial charge in [-0.1, -0.05) is 12.1 Å². The maximum Gasteiger partial charge on any atom is 0.244 e. The third kappa shape index (κ3) is 4.02. The van der Waals surface area contributed by atoms with Crippen LogP contribution >= 0.6 is 0 Å². The number of fused-ring (bicyclic) bond motifs is 1. The van der Waals surface area contributed by atoms with E-state index in [-0.39, 0.29) is 6.04 Å². The third-order valence-corrected chi connectivity index (χ3v) is 5.62. The number of hydrogen-bond acceptors (Lipinski definition) is 5. The molecule has 8 nitrogen and oxygen atoms in total. The van der Waals surface area contributed by atoms with Crippen molar-refractivity contribution in [3.05, 3.63) is 48.5 Å². The van der Waals surface area contributed by atoms with Crippen molar-refractivity contribution in [1.82, 2.24) is 19.5 Å². The minimum atomic E-state index is -4.18. The minimum absolute atomic E-state index is 0.137. The summed E-state index contributed by atoms with van der Waals surface area (Å²) in [6.45, 7) is 5.33. The lowest BCUT2D eigenvalue weighted by atomic mass is 10.3. The number of nitrogens with zero attached hydrogens (tertiary/aromatic N) is 3. The van der Waals surface area contributed by atoms with Gasteiger partial charge in [0.05, 0.1) is 24.1 Å². The molecule has 1 unspecified atom stereocenters. The smallest absolute Gasteiger partial charge is 0.244 e. The van der Waals surface area contributed by atoms with E-state index in [0.717, 1.165) is 17.5 Å². The van der Waals surface area contributed by atoms with Crippen molar-refractivity contribution < 1.29 is 17.6 Å². The van der Waals surface area contributed by atoms with Crippen LogP contribution in [0.1, 0.15) is 26.8 Å². The van der Waals surface area contributed by atoms with Gasteiger partial charge in [-0.25, -0.2) is 22.5 Å². The number of pyridine rings is 1. The number of aromatic nitrogens is 3. The average Bonchev–Trinajstić information content (AvgIpc) is 3.05. The van der Waals surface area contributed by atoms with Crippen LogP contribution in [0, 0.1) is 5.82 Å². The lowest BCUT2D eigenvalue weighted by Crippen LogP contribution is -2.41. The fraction of sp³-hybridized carbons (Fsp3) is 0.278. The van der Waals surface area contributed by atoms with Gasteiger partial charge in [-0.2, -0.15) is 9.82 Å². The lowest BCUT2D eigenvalue weighted by molar-refractivity contribution is -0.117. The van der Waals surface area contributed by atoms with Crippen molar-refractivity contribution in [1.29, 1.82) is 0 Å². The molecule has 1 atom stereocenters. The predicted molar refractivity (Wildman–Crippen MR) is 103 cm³/mol. The maximum absolute atomic E-state index is 13.8. The lowest BCUT2D eigenvalue weighted by Gasteiger charge is -2.15. The second kappa shape index (κ2) is 7.64. The van der Waals surface area contributed by atoms with Crippen molar-refractivity contribution >= 4 is 32.7 Å². The fourth-order valence-corrected chi connectivity index (χ4v) is 3.93. The van der Waals surface area contributed by atoms with Gasteiger partial charge in [0.15, 0.2) is 5.65 Å². The number of carbonyl (C=O) groups excluding carboxylic acids is 1. The van der Waals surface area contributed by atoms with Crippen molar-refractivity contribution in [2.75, 3.05) is 5.32 Å². The molecule has 0 radical (unpaired) electrons. The van der Waals surface area contributed by atoms with Gasteiger partial charge in [0.1, 0.15) is 10.7 Å². The highest BCUT2D eigenvalue weighted by molar-refractivity contribution is 7.89. The second-order valence-electron chi connectivity index (χ2n) is 6.58. The SMILES string of the molecule is CC(NS(=O)(=O)c1ccccc1F)C(=O)Nc1cnc2c(cnn2C(C)C)c1. The van der Waals surface area contributed by atoms with Crippen LogP contribution in [0.15, 0.2) is 47.6 Å². The molecule has 10 heteroatoms. The Balaban J connectivity index is 1.74. The predicted octanol–water partition coefficient (Wildman–Crippen LogP) is 2.46. The number of amides is 1. The monoisotopic (exact) mass is 405 g/mol. The van der Waals surface area contributed by atoms with Crippen LogP contribution in [0.4, 0.5) is 10.1 Å². The molecule has 148 valence electrons. The molecule has 2 N–H and O–H groups in total. The molecule has 3 aromatic rings. The molecule has 0 aliphatic heterocycles. The summed E-state index contributed by atoms with van der Waals surface area (Å²) in [5.74, 6) is -1.49. The largest absolute Gasteiger partial charge is 0.323 e. The zero-order valence-corrected chi connectivity index (χ0v) is 16.4. The molecule has 0 saturated carbocycles. The Morgan fingerprint density at radius 1 is 1.18 bits per heavy atom. The van der Waals surface area contributed by atoms with Crippen LogP contribution in [0.3, 0.4) is 0 Å². The average molecular weight is 405 g/mol. The first-order valence-corrected chi connectivity index (χ1v) is 10.1. The summed E-state index contributed by atoms with van der Waals surface area (Å²) in [4.78, 5) is 16.2. The van der Waals surface area contributed by atoms with Crippen LogP contribution in [-0.2, 0) is 14.8 Å². The standard InChI is InChI=1S/C18H20FN5O3S/c1-11(2)24-17-13(9-21-24)8-14(10-20-17)22-18(25)12(3)23-28(26,27)16-7-5-4-6-15(16)19/h4-12,23H,1-3H3,(H,22,25). The first-order valence-electron chi connectivity index (χ1n) is 8.60. The molecule has 0 aliphatic rings. The minimum Gasteiger partial charge on any atom is -0.323 e. The van der Waals surface area contributed by atoms with Gasteiger partial charge in [0, 0.05) is 11.4 Å². The van der Waals surface area contributed by atoms with E-state index in [1.807, 2.05) is 13.8 Å². The van der Waals surface area contributed by atoms with Gasteiger partial charge in [-0.15, -0.1) is 0 Å². The molecule has 0 spiro atoms. The highest BCUT2D eigenvalue weighted by Gasteiger charge is 2.24. The van der Waals surface area contributed by atoms with Gasteiger partial charge < -0.3 is 5.32 Å². The number of anilines is 1. The normalized spacial score (nSPS) is 13.0. The van der Waals surface area contributed by atoms with E-state index < -0.39 is 32.7 Å². The number of halogens is 1. The number of nitrogens with one attached hydrogen (secondary N) is 2. The summed E-state index contributed by atoms with van der Waals surface area (Å²) >= 11 is 0. The summed E-state index contributed by atoms with van der Waals surface area (Å²) in [5.41, 5.74) is 1.08. The molecule has 2 heterocycles. The van der Waals surface area contributed by atoms with Gasteiger partial charge >= 0.3 is 0 Å². The van der Waals surface area contributed by atoms with Gasteiger partial charge in [0.25, 0.3) is 0 Å². The Kier molecular flexibility index (Phi) is 5.43. The summed E-state index contributed by atoms with van der Waals surface area (Å²) < 4.78 is 42.3. The van der Waals surface area contributed by atoms with Crippen molar-refractivity contribution in [3.8, 4) is 0 Å². The van der Waals surface area contributed by atoms with Crippen LogP contribution in [0.5, 0.6) is 0 Å². The highest BCUT2D eigenvalue weighted by Crippen LogP contribution is 2.19. The molecular formula is C18H20FN5O3S. The van der Waals surface area contributed by atoms with Crippen molar-refractivity contribution in [2.24, 2.45) is 0 Å². The number of benzene rings is 1. The van der Waals surface area contributed by atoms with E-state index in [0.29, 0.717) is 11.3 Å². The molecule has 1 amide bonds. The Morgan fingerprint density at radius 2 is 1.89 bits per heavy atom. The molecule has 0 fully saturated rings. The molecule has 0 bridgehead atoms. The number of hydrogen-bond donors (Lipinski definition) is 2. The summed E-state index contributed by atoms with van der Waals surface area (Å²) in [6.07, 6.45) is 3.11. The van der Waals surface area contributed by atoms with Crippen LogP contribution in [0.25, 0.3) is 11.0 Å². The van der Waals surface area contributed by atoms with E-state index >= 15 is 0 Å². The summed E-state index contributed by atoms with van der Waals surface area (Å²) in [6, 6.07) is 5.67. The molecule has 3 rings (SSSR count). The first kappa shape index (κ1) is 19.9. The maximum atomic E-state index is 13.8. The quantitative estimate of drug-likeness (QED) is 0.655.